The van der Waals surface area contributed by atoms with E-state index in [0.29, 0.717) is 23.5 Å². The lowest BCUT2D eigenvalue weighted by atomic mass is 10.1. The van der Waals surface area contributed by atoms with Crippen LogP contribution in [0.15, 0.2) is 0 Å². The van der Waals surface area contributed by atoms with E-state index in [-0.39, 0.29) is 6.10 Å². The van der Waals surface area contributed by atoms with E-state index in [0.717, 1.165) is 5.00 Å². The van der Waals surface area contributed by atoms with Gasteiger partial charge >= 0.3 is 0 Å². The number of rotatable bonds is 5. The van der Waals surface area contributed by atoms with Gasteiger partial charge in [0.25, 0.3) is 0 Å². The molecule has 1 atom stereocenters. The van der Waals surface area contributed by atoms with Gasteiger partial charge in [-0.25, -0.2) is 0 Å². The van der Waals surface area contributed by atoms with E-state index < -0.39 is 0 Å². The Bertz CT molecular complexity index is 336. The van der Waals surface area contributed by atoms with E-state index in [1.807, 2.05) is 13.8 Å². The molecule has 1 unspecified atom stereocenters. The molecule has 0 bridgehead atoms. The van der Waals surface area contributed by atoms with Crippen LogP contribution in [0.3, 0.4) is 0 Å². The molecule has 0 saturated heterocycles. The number of ether oxygens (including phenoxy) is 1. The molecule has 1 rings (SSSR count). The molecule has 0 aliphatic rings. The third kappa shape index (κ3) is 3.27. The van der Waals surface area contributed by atoms with Crippen LogP contribution in [0.5, 0.6) is 5.75 Å². The summed E-state index contributed by atoms with van der Waals surface area (Å²) >= 11 is 1.35. The van der Waals surface area contributed by atoms with Crippen molar-refractivity contribution in [1.82, 2.24) is 4.37 Å². The summed E-state index contributed by atoms with van der Waals surface area (Å²) in [6.07, 6.45) is 0.105. The summed E-state index contributed by atoms with van der Waals surface area (Å²) in [5.41, 5.74) is 5.78. The van der Waals surface area contributed by atoms with Gasteiger partial charge in [-0.1, -0.05) is 13.8 Å². The van der Waals surface area contributed by atoms with Gasteiger partial charge in [0.1, 0.15) is 0 Å². The van der Waals surface area contributed by atoms with E-state index in [4.69, 9.17) is 10.5 Å². The van der Waals surface area contributed by atoms with Gasteiger partial charge in [0.05, 0.1) is 6.10 Å². The molecule has 0 radical (unpaired) electrons. The van der Waals surface area contributed by atoms with Crippen molar-refractivity contribution in [2.75, 3.05) is 11.1 Å². The van der Waals surface area contributed by atoms with E-state index >= 15 is 0 Å². The molecule has 1 heterocycles. The van der Waals surface area contributed by atoms with E-state index in [2.05, 4.69) is 30.5 Å². The van der Waals surface area contributed by atoms with Crippen LogP contribution in [0.25, 0.3) is 0 Å². The molecular weight excluding hydrogens is 222 g/mol. The fourth-order valence-electron chi connectivity index (χ4n) is 1.11. The molecule has 0 fully saturated rings. The Hall–Kier alpha value is -0.970. The SMILES string of the molecule is CC(C)Oc1c(N)nsc1NC(C)C(C)C. The Morgan fingerprint density at radius 1 is 1.25 bits per heavy atom. The molecule has 4 nitrogen and oxygen atoms in total. The highest BCUT2D eigenvalue weighted by atomic mass is 32.1. The molecule has 0 aromatic carbocycles. The van der Waals surface area contributed by atoms with Crippen molar-refractivity contribution in [3.8, 4) is 5.75 Å². The number of nitrogens with zero attached hydrogens (tertiary/aromatic N) is 1. The normalized spacial score (nSPS) is 13.2. The first-order chi connectivity index (χ1) is 7.41. The van der Waals surface area contributed by atoms with Crippen molar-refractivity contribution >= 4 is 22.4 Å². The number of nitrogen functional groups attached to an aromatic ring is 1. The Morgan fingerprint density at radius 2 is 1.88 bits per heavy atom. The molecule has 0 amide bonds. The zero-order chi connectivity index (χ0) is 12.3. The lowest BCUT2D eigenvalue weighted by molar-refractivity contribution is 0.245. The molecule has 5 heteroatoms. The predicted molar refractivity (Wildman–Crippen MR) is 70.2 cm³/mol. The van der Waals surface area contributed by atoms with Crippen molar-refractivity contribution in [3.05, 3.63) is 0 Å². The van der Waals surface area contributed by atoms with Gasteiger partial charge in [0.15, 0.2) is 16.6 Å². The average Bonchev–Trinajstić information content (AvgIpc) is 2.49. The Labute approximate surface area is 101 Å². The highest BCUT2D eigenvalue weighted by molar-refractivity contribution is 7.11. The van der Waals surface area contributed by atoms with Crippen molar-refractivity contribution in [2.24, 2.45) is 5.92 Å². The number of nitrogens with one attached hydrogen (secondary N) is 1. The molecule has 16 heavy (non-hydrogen) atoms. The first-order valence-corrected chi connectivity index (χ1v) is 6.37. The molecule has 0 spiro atoms. The first-order valence-electron chi connectivity index (χ1n) is 5.60. The molecule has 0 aliphatic heterocycles. The first kappa shape index (κ1) is 13.1. The minimum atomic E-state index is 0.105. The standard InChI is InChI=1S/C11H21N3OS/c1-6(2)8(5)13-11-9(15-7(3)4)10(12)14-16-11/h6-8,13H,1-5H3,(H2,12,14). The molecule has 3 N–H and O–H groups in total. The van der Waals surface area contributed by atoms with Gasteiger partial charge in [0.2, 0.25) is 0 Å². The molecule has 1 aromatic rings. The fourth-order valence-corrected chi connectivity index (χ4v) is 1.86. The van der Waals surface area contributed by atoms with E-state index in [1.165, 1.54) is 11.5 Å². The number of anilines is 2. The Morgan fingerprint density at radius 3 is 2.38 bits per heavy atom. The maximum atomic E-state index is 5.78. The monoisotopic (exact) mass is 243 g/mol. The second-order valence-corrected chi connectivity index (χ2v) is 5.34. The van der Waals surface area contributed by atoms with Gasteiger partial charge in [-0.3, -0.25) is 0 Å². The topological polar surface area (TPSA) is 60.2 Å². The maximum absolute atomic E-state index is 5.78. The van der Waals surface area contributed by atoms with Crippen LogP contribution in [-0.2, 0) is 0 Å². The molecule has 1 aromatic heterocycles. The van der Waals surface area contributed by atoms with Crippen molar-refractivity contribution in [1.29, 1.82) is 0 Å². The molecule has 92 valence electrons. The summed E-state index contributed by atoms with van der Waals surface area (Å²) in [5.74, 6) is 1.71. The average molecular weight is 243 g/mol. The van der Waals surface area contributed by atoms with E-state index in [1.54, 1.807) is 0 Å². The summed E-state index contributed by atoms with van der Waals surface area (Å²) < 4.78 is 9.77. The lowest BCUT2D eigenvalue weighted by Crippen LogP contribution is -2.21. The second kappa shape index (κ2) is 5.39. The fraction of sp³-hybridized carbons (Fsp3) is 0.727. The predicted octanol–water partition coefficient (Wildman–Crippen LogP) is 2.97. The summed E-state index contributed by atoms with van der Waals surface area (Å²) in [4.78, 5) is 0. The van der Waals surface area contributed by atoms with Crippen LogP contribution >= 0.6 is 11.5 Å². The van der Waals surface area contributed by atoms with Gasteiger partial charge in [-0.05, 0) is 38.2 Å². The molecule has 0 aliphatic carbocycles. The largest absolute Gasteiger partial charge is 0.484 e. The van der Waals surface area contributed by atoms with Gasteiger partial charge < -0.3 is 15.8 Å². The van der Waals surface area contributed by atoms with Gasteiger partial charge in [-0.2, -0.15) is 4.37 Å². The Balaban J connectivity index is 2.80. The van der Waals surface area contributed by atoms with E-state index in [9.17, 15) is 0 Å². The quantitative estimate of drug-likeness (QED) is 0.834. The highest BCUT2D eigenvalue weighted by Crippen LogP contribution is 2.36. The summed E-state index contributed by atoms with van der Waals surface area (Å²) in [7, 11) is 0. The number of hydrogen-bond acceptors (Lipinski definition) is 5. The van der Waals surface area contributed by atoms with Crippen molar-refractivity contribution in [2.45, 2.75) is 46.8 Å². The number of hydrogen-bond donors (Lipinski definition) is 2. The van der Waals surface area contributed by atoms with Crippen LogP contribution < -0.4 is 15.8 Å². The lowest BCUT2D eigenvalue weighted by Gasteiger charge is -2.19. The second-order valence-electron chi connectivity index (χ2n) is 4.57. The maximum Gasteiger partial charge on any atom is 0.197 e. The third-order valence-corrected chi connectivity index (χ3v) is 3.16. The van der Waals surface area contributed by atoms with Gasteiger partial charge in [-0.15, -0.1) is 0 Å². The number of aromatic nitrogens is 1. The zero-order valence-corrected chi connectivity index (χ0v) is 11.4. The van der Waals surface area contributed by atoms with Crippen LogP contribution in [0.2, 0.25) is 0 Å². The minimum Gasteiger partial charge on any atom is -0.484 e. The van der Waals surface area contributed by atoms with Gasteiger partial charge in [0, 0.05) is 6.04 Å². The Kier molecular flexibility index (Phi) is 4.41. The minimum absolute atomic E-state index is 0.105. The summed E-state index contributed by atoms with van der Waals surface area (Å²) in [6, 6.07) is 0.370. The van der Waals surface area contributed by atoms with Crippen LogP contribution in [0.1, 0.15) is 34.6 Å². The van der Waals surface area contributed by atoms with Crippen LogP contribution in [0.4, 0.5) is 10.8 Å². The van der Waals surface area contributed by atoms with Crippen LogP contribution in [-0.4, -0.2) is 16.5 Å². The van der Waals surface area contributed by atoms with Crippen molar-refractivity contribution in [3.63, 3.8) is 0 Å². The zero-order valence-electron chi connectivity index (χ0n) is 10.6. The summed E-state index contributed by atoms with van der Waals surface area (Å²) in [6.45, 7) is 10.4. The highest BCUT2D eigenvalue weighted by Gasteiger charge is 2.17. The molecular formula is C11H21N3OS. The van der Waals surface area contributed by atoms with Crippen LogP contribution in [0, 0.1) is 5.92 Å². The number of nitrogens with two attached hydrogens (primary N) is 1. The molecule has 0 saturated carbocycles. The smallest absolute Gasteiger partial charge is 0.197 e. The van der Waals surface area contributed by atoms with Crippen molar-refractivity contribution < 1.29 is 4.74 Å². The summed E-state index contributed by atoms with van der Waals surface area (Å²) in [5, 5.41) is 4.31. The third-order valence-electron chi connectivity index (χ3n) is 2.39.